The van der Waals surface area contributed by atoms with E-state index >= 15 is 0 Å². The number of amides is 2. The molecule has 1 aliphatic rings. The highest BCUT2D eigenvalue weighted by Crippen LogP contribution is 2.19. The summed E-state index contributed by atoms with van der Waals surface area (Å²) >= 11 is 0. The second-order valence-electron chi connectivity index (χ2n) is 4.17. The van der Waals surface area contributed by atoms with E-state index in [1.54, 1.807) is 6.92 Å². The van der Waals surface area contributed by atoms with Crippen molar-refractivity contribution in [2.24, 2.45) is 0 Å². The Balaban J connectivity index is 2.31. The van der Waals surface area contributed by atoms with Gasteiger partial charge in [-0.1, -0.05) is 6.07 Å². The van der Waals surface area contributed by atoms with Gasteiger partial charge in [-0.25, -0.2) is 4.39 Å². The van der Waals surface area contributed by atoms with E-state index in [1.165, 1.54) is 23.1 Å². The maximum absolute atomic E-state index is 13.3. The van der Waals surface area contributed by atoms with Gasteiger partial charge in [0.05, 0.1) is 11.3 Å². The Morgan fingerprint density at radius 2 is 2.28 bits per heavy atom. The van der Waals surface area contributed by atoms with Gasteiger partial charge in [-0.2, -0.15) is 0 Å². The van der Waals surface area contributed by atoms with Gasteiger partial charge in [0.15, 0.2) is 0 Å². The molecule has 1 fully saturated rings. The summed E-state index contributed by atoms with van der Waals surface area (Å²) in [6.07, 6.45) is 0. The molecule has 18 heavy (non-hydrogen) atoms. The number of anilines is 1. The average molecular weight is 251 g/mol. The van der Waals surface area contributed by atoms with Crippen molar-refractivity contribution in [3.8, 4) is 0 Å². The number of rotatable bonds is 1. The fourth-order valence-corrected chi connectivity index (χ4v) is 1.94. The van der Waals surface area contributed by atoms with Crippen molar-refractivity contribution in [3.63, 3.8) is 0 Å². The molecule has 2 rings (SSSR count). The van der Waals surface area contributed by atoms with Crippen molar-refractivity contribution >= 4 is 17.5 Å². The largest absolute Gasteiger partial charge is 0.396 e. The van der Waals surface area contributed by atoms with Crippen molar-refractivity contribution in [1.29, 1.82) is 0 Å². The molecular formula is C12H14FN3O2. The zero-order chi connectivity index (χ0) is 13.3. The number of nitrogen functional groups attached to an aromatic ring is 1. The third kappa shape index (κ3) is 2.01. The number of benzene rings is 1. The molecule has 1 aliphatic heterocycles. The quantitative estimate of drug-likeness (QED) is 0.708. The van der Waals surface area contributed by atoms with E-state index in [0.717, 1.165) is 0 Å². The summed E-state index contributed by atoms with van der Waals surface area (Å²) in [7, 11) is 0. The van der Waals surface area contributed by atoms with E-state index in [-0.39, 0.29) is 17.2 Å². The molecule has 2 amide bonds. The number of nitrogens with one attached hydrogen (secondary N) is 1. The molecule has 1 aromatic carbocycles. The van der Waals surface area contributed by atoms with E-state index in [4.69, 9.17) is 5.73 Å². The lowest BCUT2D eigenvalue weighted by atomic mass is 10.1. The number of para-hydroxylation sites is 1. The molecule has 0 saturated carbocycles. The summed E-state index contributed by atoms with van der Waals surface area (Å²) in [5.41, 5.74) is 5.46. The Labute approximate surface area is 104 Å². The van der Waals surface area contributed by atoms with Crippen molar-refractivity contribution in [2.45, 2.75) is 13.0 Å². The minimum atomic E-state index is -0.630. The lowest BCUT2D eigenvalue weighted by Gasteiger charge is -2.33. The number of hydrogen-bond donors (Lipinski definition) is 2. The Morgan fingerprint density at radius 3 is 3.00 bits per heavy atom. The predicted octanol–water partition coefficient (Wildman–Crippen LogP) is 0.368. The van der Waals surface area contributed by atoms with E-state index < -0.39 is 17.8 Å². The van der Waals surface area contributed by atoms with Gasteiger partial charge in [0.2, 0.25) is 5.91 Å². The molecule has 5 nitrogen and oxygen atoms in total. The van der Waals surface area contributed by atoms with Gasteiger partial charge in [0, 0.05) is 13.1 Å². The third-order valence-corrected chi connectivity index (χ3v) is 3.04. The van der Waals surface area contributed by atoms with Crippen LogP contribution in [-0.4, -0.2) is 35.8 Å². The van der Waals surface area contributed by atoms with Crippen molar-refractivity contribution in [2.75, 3.05) is 18.8 Å². The summed E-state index contributed by atoms with van der Waals surface area (Å²) < 4.78 is 13.3. The van der Waals surface area contributed by atoms with Gasteiger partial charge in [0.25, 0.3) is 5.91 Å². The molecule has 1 heterocycles. The number of halogens is 1. The van der Waals surface area contributed by atoms with Crippen LogP contribution in [0.1, 0.15) is 17.3 Å². The van der Waals surface area contributed by atoms with Gasteiger partial charge in [-0.05, 0) is 19.1 Å². The van der Waals surface area contributed by atoms with E-state index in [1.807, 2.05) is 0 Å². The van der Waals surface area contributed by atoms with Gasteiger partial charge in [0.1, 0.15) is 11.9 Å². The molecule has 0 spiro atoms. The van der Waals surface area contributed by atoms with Crippen molar-refractivity contribution < 1.29 is 14.0 Å². The number of piperazine rings is 1. The molecular weight excluding hydrogens is 237 g/mol. The molecule has 3 N–H and O–H groups in total. The van der Waals surface area contributed by atoms with E-state index in [9.17, 15) is 14.0 Å². The number of carbonyl (C=O) groups excluding carboxylic acids is 2. The van der Waals surface area contributed by atoms with Gasteiger partial charge < -0.3 is 16.0 Å². The average Bonchev–Trinajstić information content (AvgIpc) is 2.35. The van der Waals surface area contributed by atoms with Crippen LogP contribution in [0.3, 0.4) is 0 Å². The summed E-state index contributed by atoms with van der Waals surface area (Å²) in [6.45, 7) is 2.41. The fraction of sp³-hybridized carbons (Fsp3) is 0.333. The van der Waals surface area contributed by atoms with Crippen LogP contribution < -0.4 is 11.1 Å². The molecule has 1 saturated heterocycles. The lowest BCUT2D eigenvalue weighted by Crippen LogP contribution is -2.55. The number of nitrogens with zero attached hydrogens (tertiary/aromatic N) is 1. The van der Waals surface area contributed by atoms with Crippen LogP contribution in [-0.2, 0) is 4.79 Å². The van der Waals surface area contributed by atoms with Gasteiger partial charge >= 0.3 is 0 Å². The third-order valence-electron chi connectivity index (χ3n) is 3.04. The zero-order valence-electron chi connectivity index (χ0n) is 9.94. The number of hydrogen-bond acceptors (Lipinski definition) is 3. The first kappa shape index (κ1) is 12.3. The topological polar surface area (TPSA) is 75.4 Å². The fourth-order valence-electron chi connectivity index (χ4n) is 1.94. The van der Waals surface area contributed by atoms with Crippen LogP contribution in [0.25, 0.3) is 0 Å². The Morgan fingerprint density at radius 1 is 1.56 bits per heavy atom. The molecule has 0 radical (unpaired) electrons. The summed E-state index contributed by atoms with van der Waals surface area (Å²) in [4.78, 5) is 25.1. The summed E-state index contributed by atoms with van der Waals surface area (Å²) in [6, 6.07) is 3.50. The van der Waals surface area contributed by atoms with Crippen molar-refractivity contribution in [3.05, 3.63) is 29.6 Å². The first-order valence-corrected chi connectivity index (χ1v) is 5.65. The van der Waals surface area contributed by atoms with Gasteiger partial charge in [-0.3, -0.25) is 9.59 Å². The number of nitrogens with two attached hydrogens (primary N) is 1. The molecule has 0 aromatic heterocycles. The Bertz CT molecular complexity index is 504. The molecule has 0 bridgehead atoms. The molecule has 1 aromatic rings. The molecule has 96 valence electrons. The van der Waals surface area contributed by atoms with Crippen molar-refractivity contribution in [1.82, 2.24) is 10.2 Å². The smallest absolute Gasteiger partial charge is 0.256 e. The molecule has 1 unspecified atom stereocenters. The number of carbonyl (C=O) groups is 2. The van der Waals surface area contributed by atoms with Crippen LogP contribution in [0.5, 0.6) is 0 Å². The SMILES string of the molecule is CC1C(=O)NCCN1C(=O)c1cccc(F)c1N. The summed E-state index contributed by atoms with van der Waals surface area (Å²) in [5.74, 6) is -1.27. The van der Waals surface area contributed by atoms with Crippen LogP contribution in [0.2, 0.25) is 0 Å². The van der Waals surface area contributed by atoms with E-state index in [0.29, 0.717) is 13.1 Å². The minimum Gasteiger partial charge on any atom is -0.396 e. The second-order valence-corrected chi connectivity index (χ2v) is 4.17. The first-order valence-electron chi connectivity index (χ1n) is 5.65. The van der Waals surface area contributed by atoms with Crippen LogP contribution in [0.4, 0.5) is 10.1 Å². The standard InChI is InChI=1S/C12H14FN3O2/c1-7-11(17)15-5-6-16(7)12(18)8-3-2-4-9(13)10(8)14/h2-4,7H,5-6,14H2,1H3,(H,15,17). The first-order chi connectivity index (χ1) is 8.52. The zero-order valence-corrected chi connectivity index (χ0v) is 9.94. The second kappa shape index (κ2) is 4.64. The normalized spacial score (nSPS) is 19.6. The molecule has 6 heteroatoms. The Hall–Kier alpha value is -2.11. The lowest BCUT2D eigenvalue weighted by molar-refractivity contribution is -0.127. The summed E-state index contributed by atoms with van der Waals surface area (Å²) in [5, 5.41) is 2.66. The molecule has 1 atom stereocenters. The highest BCUT2D eigenvalue weighted by Gasteiger charge is 2.30. The van der Waals surface area contributed by atoms with E-state index in [2.05, 4.69) is 5.32 Å². The maximum atomic E-state index is 13.3. The minimum absolute atomic E-state index is 0.0940. The highest BCUT2D eigenvalue weighted by molar-refractivity contribution is 6.01. The Kier molecular flexibility index (Phi) is 3.18. The van der Waals surface area contributed by atoms with Crippen LogP contribution >= 0.6 is 0 Å². The van der Waals surface area contributed by atoms with Crippen LogP contribution in [0, 0.1) is 5.82 Å². The monoisotopic (exact) mass is 251 g/mol. The molecule has 0 aliphatic carbocycles. The highest BCUT2D eigenvalue weighted by atomic mass is 19.1. The van der Waals surface area contributed by atoms with Gasteiger partial charge in [-0.15, -0.1) is 0 Å². The maximum Gasteiger partial charge on any atom is 0.256 e. The predicted molar refractivity (Wildman–Crippen MR) is 64.3 cm³/mol. The van der Waals surface area contributed by atoms with Crippen LogP contribution in [0.15, 0.2) is 18.2 Å².